The maximum absolute atomic E-state index is 13.1. The summed E-state index contributed by atoms with van der Waals surface area (Å²) in [4.78, 5) is 40.1. The second-order valence-corrected chi connectivity index (χ2v) is 9.62. The molecule has 1 aliphatic rings. The molecule has 35 heavy (non-hydrogen) atoms. The van der Waals surface area contributed by atoms with Crippen molar-refractivity contribution in [2.24, 2.45) is 7.05 Å². The van der Waals surface area contributed by atoms with E-state index in [1.54, 1.807) is 54.7 Å². The summed E-state index contributed by atoms with van der Waals surface area (Å²) in [6.45, 7) is 1.78. The number of carbonyl (C=O) groups is 2. The number of aromatic nitrogens is 2. The number of nitrogens with one attached hydrogen (secondary N) is 2. The maximum atomic E-state index is 13.1. The van der Waals surface area contributed by atoms with Gasteiger partial charge in [0, 0.05) is 23.2 Å². The van der Waals surface area contributed by atoms with Crippen LogP contribution in [0.15, 0.2) is 88.6 Å². The standard InChI is InChI=1S/C27H24N4O3S/c1-17-24(27(34)31(30(17)2)21-12-4-3-5-13-21)29-25(32)19-10-8-11-20(15-19)28-26(33)23-16-18-9-6-7-14-22(18)35-23/h3-15,23H,16H2,1-2H3,(H,28,33)(H,29,32). The van der Waals surface area contributed by atoms with Gasteiger partial charge in [-0.1, -0.05) is 42.5 Å². The molecular weight excluding hydrogens is 460 g/mol. The molecule has 0 bridgehead atoms. The van der Waals surface area contributed by atoms with Crippen molar-refractivity contribution in [3.05, 3.63) is 106 Å². The highest BCUT2D eigenvalue weighted by atomic mass is 32.2. The molecule has 2 heterocycles. The van der Waals surface area contributed by atoms with Gasteiger partial charge >= 0.3 is 0 Å². The second kappa shape index (κ2) is 9.31. The van der Waals surface area contributed by atoms with Gasteiger partial charge in [-0.05, 0) is 55.3 Å². The van der Waals surface area contributed by atoms with Crippen LogP contribution in [0.1, 0.15) is 21.6 Å². The van der Waals surface area contributed by atoms with E-state index < -0.39 is 5.91 Å². The number of fused-ring (bicyclic) bond motifs is 1. The van der Waals surface area contributed by atoms with Crippen LogP contribution in [-0.4, -0.2) is 26.4 Å². The Morgan fingerprint density at radius 2 is 1.69 bits per heavy atom. The molecule has 3 aromatic carbocycles. The topological polar surface area (TPSA) is 85.1 Å². The molecule has 1 atom stereocenters. The quantitative estimate of drug-likeness (QED) is 0.440. The van der Waals surface area contributed by atoms with Crippen molar-refractivity contribution in [3.8, 4) is 5.69 Å². The molecule has 1 unspecified atom stereocenters. The lowest BCUT2D eigenvalue weighted by molar-refractivity contribution is -0.115. The van der Waals surface area contributed by atoms with Crippen LogP contribution in [0, 0.1) is 6.92 Å². The van der Waals surface area contributed by atoms with Gasteiger partial charge in [0.2, 0.25) is 5.91 Å². The lowest BCUT2D eigenvalue weighted by Gasteiger charge is -2.11. The molecule has 4 aromatic rings. The molecule has 5 rings (SSSR count). The Labute approximate surface area is 206 Å². The molecule has 0 aliphatic carbocycles. The summed E-state index contributed by atoms with van der Waals surface area (Å²) < 4.78 is 3.22. The first kappa shape index (κ1) is 22.7. The summed E-state index contributed by atoms with van der Waals surface area (Å²) in [7, 11) is 1.77. The fourth-order valence-electron chi connectivity index (χ4n) is 4.19. The number of para-hydroxylation sites is 1. The lowest BCUT2D eigenvalue weighted by atomic mass is 10.1. The molecular formula is C27H24N4O3S. The molecule has 0 saturated carbocycles. The van der Waals surface area contributed by atoms with Gasteiger partial charge in [-0.2, -0.15) is 0 Å². The van der Waals surface area contributed by atoms with E-state index in [2.05, 4.69) is 10.6 Å². The van der Waals surface area contributed by atoms with Crippen LogP contribution in [0.2, 0.25) is 0 Å². The summed E-state index contributed by atoms with van der Waals surface area (Å²) in [6.07, 6.45) is 0.674. The van der Waals surface area contributed by atoms with Gasteiger partial charge < -0.3 is 10.6 Å². The van der Waals surface area contributed by atoms with Crippen LogP contribution in [0.4, 0.5) is 11.4 Å². The van der Waals surface area contributed by atoms with Gasteiger partial charge in [0.05, 0.1) is 16.6 Å². The van der Waals surface area contributed by atoms with E-state index in [1.807, 2.05) is 54.6 Å². The predicted molar refractivity (Wildman–Crippen MR) is 139 cm³/mol. The molecule has 0 radical (unpaired) electrons. The van der Waals surface area contributed by atoms with E-state index in [-0.39, 0.29) is 22.4 Å². The Bertz CT molecular complexity index is 1470. The molecule has 8 heteroatoms. The van der Waals surface area contributed by atoms with Crippen LogP contribution in [0.5, 0.6) is 0 Å². The summed E-state index contributed by atoms with van der Waals surface area (Å²) >= 11 is 1.55. The van der Waals surface area contributed by atoms with Crippen molar-refractivity contribution in [2.45, 2.75) is 23.5 Å². The smallest absolute Gasteiger partial charge is 0.295 e. The highest BCUT2D eigenvalue weighted by Gasteiger charge is 2.28. The zero-order chi connectivity index (χ0) is 24.5. The fraction of sp³-hybridized carbons (Fsp3) is 0.148. The third-order valence-corrected chi connectivity index (χ3v) is 7.44. The maximum Gasteiger partial charge on any atom is 0.295 e. The Morgan fingerprint density at radius 1 is 0.943 bits per heavy atom. The Hall–Kier alpha value is -4.04. The average molecular weight is 485 g/mol. The van der Waals surface area contributed by atoms with E-state index in [1.165, 1.54) is 10.2 Å². The second-order valence-electron chi connectivity index (χ2n) is 8.38. The fourth-order valence-corrected chi connectivity index (χ4v) is 5.38. The summed E-state index contributed by atoms with van der Waals surface area (Å²) in [5.74, 6) is -0.525. The van der Waals surface area contributed by atoms with Crippen LogP contribution < -0.4 is 16.2 Å². The van der Waals surface area contributed by atoms with Crippen molar-refractivity contribution in [2.75, 3.05) is 10.6 Å². The molecule has 2 N–H and O–H groups in total. The van der Waals surface area contributed by atoms with E-state index in [9.17, 15) is 14.4 Å². The number of benzene rings is 3. The molecule has 0 saturated heterocycles. The molecule has 176 valence electrons. The van der Waals surface area contributed by atoms with E-state index in [0.717, 1.165) is 4.90 Å². The molecule has 7 nitrogen and oxygen atoms in total. The minimum absolute atomic E-state index is 0.103. The van der Waals surface area contributed by atoms with Crippen LogP contribution in [0.3, 0.4) is 0 Å². The molecule has 0 spiro atoms. The number of hydrogen-bond donors (Lipinski definition) is 2. The molecule has 1 aliphatic heterocycles. The highest BCUT2D eigenvalue weighted by molar-refractivity contribution is 8.01. The largest absolute Gasteiger partial charge is 0.325 e. The van der Waals surface area contributed by atoms with Crippen LogP contribution in [0.25, 0.3) is 5.69 Å². The van der Waals surface area contributed by atoms with Gasteiger partial charge in [0.25, 0.3) is 11.5 Å². The van der Waals surface area contributed by atoms with E-state index in [4.69, 9.17) is 0 Å². The van der Waals surface area contributed by atoms with Gasteiger partial charge in [0.15, 0.2) is 0 Å². The van der Waals surface area contributed by atoms with Gasteiger partial charge in [-0.3, -0.25) is 19.1 Å². The van der Waals surface area contributed by atoms with Crippen LogP contribution >= 0.6 is 11.8 Å². The van der Waals surface area contributed by atoms with E-state index >= 15 is 0 Å². The molecule has 2 amide bonds. The first-order chi connectivity index (χ1) is 16.9. The minimum atomic E-state index is -0.422. The minimum Gasteiger partial charge on any atom is -0.325 e. The third kappa shape index (κ3) is 4.40. The number of hydrogen-bond acceptors (Lipinski definition) is 4. The summed E-state index contributed by atoms with van der Waals surface area (Å²) in [5, 5.41) is 5.47. The first-order valence-corrected chi connectivity index (χ1v) is 12.1. The zero-order valence-corrected chi connectivity index (χ0v) is 20.1. The summed E-state index contributed by atoms with van der Waals surface area (Å²) in [5.41, 5.74) is 3.30. The first-order valence-electron chi connectivity index (χ1n) is 11.2. The number of thioether (sulfide) groups is 1. The third-order valence-electron chi connectivity index (χ3n) is 6.12. The number of nitrogens with zero attached hydrogens (tertiary/aromatic N) is 2. The SMILES string of the molecule is Cc1c(NC(=O)c2cccc(NC(=O)C3Cc4ccccc4S3)c2)c(=O)n(-c2ccccc2)n1C. The number of anilines is 2. The Balaban J connectivity index is 1.32. The van der Waals surface area contributed by atoms with Crippen molar-refractivity contribution in [1.29, 1.82) is 0 Å². The normalized spacial score (nSPS) is 14.4. The van der Waals surface area contributed by atoms with Crippen molar-refractivity contribution in [1.82, 2.24) is 9.36 Å². The number of rotatable bonds is 5. The monoisotopic (exact) mass is 484 g/mol. The zero-order valence-electron chi connectivity index (χ0n) is 19.3. The predicted octanol–water partition coefficient (Wildman–Crippen LogP) is 4.39. The highest BCUT2D eigenvalue weighted by Crippen LogP contribution is 2.37. The number of amides is 2. The Kier molecular flexibility index (Phi) is 6.05. The molecule has 0 fully saturated rings. The lowest BCUT2D eigenvalue weighted by Crippen LogP contribution is -2.25. The Morgan fingerprint density at radius 3 is 2.46 bits per heavy atom. The van der Waals surface area contributed by atoms with Crippen molar-refractivity contribution >= 4 is 35.0 Å². The number of carbonyl (C=O) groups excluding carboxylic acids is 2. The summed E-state index contributed by atoms with van der Waals surface area (Å²) in [6, 6.07) is 24.0. The van der Waals surface area contributed by atoms with Crippen molar-refractivity contribution < 1.29 is 9.59 Å². The van der Waals surface area contributed by atoms with Gasteiger partial charge in [0.1, 0.15) is 5.69 Å². The van der Waals surface area contributed by atoms with Gasteiger partial charge in [-0.25, -0.2) is 4.68 Å². The van der Waals surface area contributed by atoms with E-state index in [0.29, 0.717) is 29.1 Å². The van der Waals surface area contributed by atoms with Crippen LogP contribution in [-0.2, 0) is 18.3 Å². The molecule has 1 aromatic heterocycles. The average Bonchev–Trinajstić information content (AvgIpc) is 3.40. The van der Waals surface area contributed by atoms with Gasteiger partial charge in [-0.15, -0.1) is 11.8 Å². The van der Waals surface area contributed by atoms with Crippen molar-refractivity contribution in [3.63, 3.8) is 0 Å².